The van der Waals surface area contributed by atoms with Crippen LogP contribution < -0.4 is 4.74 Å². The zero-order valence-electron chi connectivity index (χ0n) is 13.2. The molecule has 0 radical (unpaired) electrons. The average Bonchev–Trinajstić information content (AvgIpc) is 3.05. The van der Waals surface area contributed by atoms with E-state index in [1.165, 1.54) is 5.56 Å². The fourth-order valence-electron chi connectivity index (χ4n) is 2.17. The van der Waals surface area contributed by atoms with Gasteiger partial charge in [0.05, 0.1) is 6.61 Å². The molecule has 2 aromatic rings. The lowest BCUT2D eigenvalue weighted by Crippen LogP contribution is -2.37. The third-order valence-electron chi connectivity index (χ3n) is 3.32. The van der Waals surface area contributed by atoms with Gasteiger partial charge in [0.25, 0.3) is 0 Å². The molecule has 0 aliphatic heterocycles. The van der Waals surface area contributed by atoms with Crippen LogP contribution in [-0.4, -0.2) is 49.5 Å². The van der Waals surface area contributed by atoms with Gasteiger partial charge in [0.15, 0.2) is 0 Å². The summed E-state index contributed by atoms with van der Waals surface area (Å²) in [5, 5.41) is 15.1. The van der Waals surface area contributed by atoms with Crippen molar-refractivity contribution in [1.82, 2.24) is 4.90 Å². The molecule has 0 saturated carbocycles. The number of halogens is 1. The van der Waals surface area contributed by atoms with E-state index in [1.54, 1.807) is 42.7 Å². The Morgan fingerprint density at radius 3 is 2.70 bits per heavy atom. The summed E-state index contributed by atoms with van der Waals surface area (Å²) in [4.78, 5) is 2.17. The third-order valence-corrected chi connectivity index (χ3v) is 4.31. The number of hydrogen-bond acceptors (Lipinski definition) is 5. The van der Waals surface area contributed by atoms with Crippen molar-refractivity contribution in [3.63, 3.8) is 0 Å². The fraction of sp³-hybridized carbons (Fsp3) is 0.412. The van der Waals surface area contributed by atoms with Crippen LogP contribution in [0, 0.1) is 0 Å². The third kappa shape index (κ3) is 6.89. The van der Waals surface area contributed by atoms with E-state index in [-0.39, 0.29) is 6.61 Å². The van der Waals surface area contributed by atoms with Gasteiger partial charge in [-0.2, -0.15) is 11.3 Å². The Kier molecular flexibility index (Phi) is 7.85. The van der Waals surface area contributed by atoms with Crippen LogP contribution in [0.5, 0.6) is 5.75 Å². The highest BCUT2D eigenvalue weighted by molar-refractivity contribution is 7.07. The number of ether oxygens (including phenoxy) is 2. The summed E-state index contributed by atoms with van der Waals surface area (Å²) in [6, 6.07) is 9.22. The molecule has 0 aliphatic carbocycles. The Balaban J connectivity index is 1.81. The summed E-state index contributed by atoms with van der Waals surface area (Å²) < 4.78 is 10.7. The first-order chi connectivity index (χ1) is 11.2. The topological polar surface area (TPSA) is 41.9 Å². The monoisotopic (exact) mass is 355 g/mol. The van der Waals surface area contributed by atoms with Crippen molar-refractivity contribution < 1.29 is 14.6 Å². The number of nitrogens with zero attached hydrogens (tertiary/aromatic N) is 1. The molecule has 0 fully saturated rings. The maximum absolute atomic E-state index is 10.2. The van der Waals surface area contributed by atoms with Gasteiger partial charge in [0.2, 0.25) is 0 Å². The summed E-state index contributed by atoms with van der Waals surface area (Å²) in [7, 11) is 1.68. The highest BCUT2D eigenvalue weighted by Crippen LogP contribution is 2.16. The summed E-state index contributed by atoms with van der Waals surface area (Å²) >= 11 is 7.51. The van der Waals surface area contributed by atoms with Crippen molar-refractivity contribution in [2.75, 3.05) is 33.4 Å². The predicted octanol–water partition coefficient (Wildman–Crippen LogP) is 3.29. The Bertz CT molecular complexity index is 547. The predicted molar refractivity (Wildman–Crippen MR) is 94.4 cm³/mol. The van der Waals surface area contributed by atoms with Gasteiger partial charge >= 0.3 is 0 Å². The molecule has 1 aromatic carbocycles. The van der Waals surface area contributed by atoms with Crippen LogP contribution in [0.25, 0.3) is 0 Å². The molecule has 1 N–H and O–H groups in total. The van der Waals surface area contributed by atoms with Gasteiger partial charge in [-0.25, -0.2) is 0 Å². The molecule has 6 heteroatoms. The summed E-state index contributed by atoms with van der Waals surface area (Å²) in [6.45, 7) is 2.98. The van der Waals surface area contributed by atoms with Crippen LogP contribution in [0.4, 0.5) is 0 Å². The number of benzene rings is 1. The molecule has 2 rings (SSSR count). The number of methoxy groups -OCH3 is 1. The van der Waals surface area contributed by atoms with Crippen LogP contribution in [0.3, 0.4) is 0 Å². The van der Waals surface area contributed by atoms with Gasteiger partial charge in [-0.05, 0) is 46.7 Å². The van der Waals surface area contributed by atoms with Crippen molar-refractivity contribution in [2.24, 2.45) is 0 Å². The van der Waals surface area contributed by atoms with Gasteiger partial charge in [-0.1, -0.05) is 11.6 Å². The van der Waals surface area contributed by atoms with Crippen molar-refractivity contribution in [3.05, 3.63) is 51.7 Å². The van der Waals surface area contributed by atoms with E-state index in [2.05, 4.69) is 21.7 Å². The van der Waals surface area contributed by atoms with E-state index in [1.807, 2.05) is 0 Å². The number of aliphatic hydroxyl groups is 1. The number of aliphatic hydroxyl groups excluding tert-OH is 1. The Labute approximate surface area is 146 Å². The maximum atomic E-state index is 10.2. The lowest BCUT2D eigenvalue weighted by Gasteiger charge is -2.24. The summed E-state index contributed by atoms with van der Waals surface area (Å²) in [5.41, 5.74) is 1.25. The van der Waals surface area contributed by atoms with Crippen LogP contribution >= 0.6 is 22.9 Å². The first-order valence-corrected chi connectivity index (χ1v) is 8.78. The quantitative estimate of drug-likeness (QED) is 0.710. The maximum Gasteiger partial charge on any atom is 0.119 e. The Morgan fingerprint density at radius 2 is 2.04 bits per heavy atom. The number of hydrogen-bond donors (Lipinski definition) is 1. The molecule has 126 valence electrons. The standard InChI is InChI=1S/C17H22ClNO3S/c1-21-8-7-19(10-14-6-9-23-13-14)11-16(20)12-22-17-4-2-15(18)3-5-17/h2-6,9,13,16,20H,7-8,10-12H2,1H3/t16-/m0/s1. The second kappa shape index (κ2) is 9.90. The van der Waals surface area contributed by atoms with Crippen LogP contribution in [-0.2, 0) is 11.3 Å². The SMILES string of the molecule is COCCN(Cc1ccsc1)C[C@H](O)COc1ccc(Cl)cc1. The zero-order chi connectivity index (χ0) is 16.5. The van der Waals surface area contributed by atoms with Crippen molar-refractivity contribution in [1.29, 1.82) is 0 Å². The van der Waals surface area contributed by atoms with E-state index in [0.717, 1.165) is 13.1 Å². The van der Waals surface area contributed by atoms with Gasteiger partial charge in [-0.15, -0.1) is 0 Å². The Hall–Kier alpha value is -1.11. The molecule has 0 spiro atoms. The molecule has 1 aromatic heterocycles. The zero-order valence-corrected chi connectivity index (χ0v) is 14.7. The van der Waals surface area contributed by atoms with E-state index >= 15 is 0 Å². The molecule has 0 unspecified atom stereocenters. The van der Waals surface area contributed by atoms with E-state index in [9.17, 15) is 5.11 Å². The lowest BCUT2D eigenvalue weighted by atomic mass is 10.2. The minimum atomic E-state index is -0.568. The average molecular weight is 356 g/mol. The minimum absolute atomic E-state index is 0.245. The highest BCUT2D eigenvalue weighted by atomic mass is 35.5. The second-order valence-corrected chi connectivity index (χ2v) is 6.49. The smallest absolute Gasteiger partial charge is 0.119 e. The molecule has 1 atom stereocenters. The summed E-state index contributed by atoms with van der Waals surface area (Å²) in [5.74, 6) is 0.703. The number of rotatable bonds is 10. The normalized spacial score (nSPS) is 12.5. The van der Waals surface area contributed by atoms with E-state index in [4.69, 9.17) is 21.1 Å². The lowest BCUT2D eigenvalue weighted by molar-refractivity contribution is 0.0542. The Morgan fingerprint density at radius 1 is 1.26 bits per heavy atom. The van der Waals surface area contributed by atoms with Gasteiger partial charge in [0, 0.05) is 31.8 Å². The molecular formula is C17H22ClNO3S. The van der Waals surface area contributed by atoms with Gasteiger partial charge in [0.1, 0.15) is 18.5 Å². The summed E-state index contributed by atoms with van der Waals surface area (Å²) in [6.07, 6.45) is -0.568. The van der Waals surface area contributed by atoms with E-state index in [0.29, 0.717) is 23.9 Å². The molecule has 0 aliphatic rings. The van der Waals surface area contributed by atoms with Crippen LogP contribution in [0.1, 0.15) is 5.56 Å². The van der Waals surface area contributed by atoms with Crippen molar-refractivity contribution >= 4 is 22.9 Å². The van der Waals surface area contributed by atoms with Crippen LogP contribution in [0.15, 0.2) is 41.1 Å². The molecular weight excluding hydrogens is 334 g/mol. The van der Waals surface area contributed by atoms with E-state index < -0.39 is 6.10 Å². The molecule has 4 nitrogen and oxygen atoms in total. The molecule has 0 bridgehead atoms. The fourth-order valence-corrected chi connectivity index (χ4v) is 2.96. The molecule has 23 heavy (non-hydrogen) atoms. The molecule has 0 saturated heterocycles. The minimum Gasteiger partial charge on any atom is -0.491 e. The van der Waals surface area contributed by atoms with Crippen LogP contribution in [0.2, 0.25) is 5.02 Å². The van der Waals surface area contributed by atoms with Gasteiger partial charge < -0.3 is 14.6 Å². The molecule has 0 amide bonds. The second-order valence-electron chi connectivity index (χ2n) is 5.28. The number of thiophene rings is 1. The van der Waals surface area contributed by atoms with Crippen molar-refractivity contribution in [3.8, 4) is 5.75 Å². The molecule has 1 heterocycles. The highest BCUT2D eigenvalue weighted by Gasteiger charge is 2.13. The first kappa shape index (κ1) is 18.2. The van der Waals surface area contributed by atoms with Crippen molar-refractivity contribution in [2.45, 2.75) is 12.6 Å². The van der Waals surface area contributed by atoms with Gasteiger partial charge in [-0.3, -0.25) is 4.90 Å². The first-order valence-electron chi connectivity index (χ1n) is 7.46. The largest absolute Gasteiger partial charge is 0.491 e.